The van der Waals surface area contributed by atoms with E-state index in [1.807, 2.05) is 5.32 Å². The van der Waals surface area contributed by atoms with Crippen LogP contribution in [0.5, 0.6) is 0 Å². The topological polar surface area (TPSA) is 228 Å². The summed E-state index contributed by atoms with van der Waals surface area (Å²) in [6.07, 6.45) is -3.52. The van der Waals surface area contributed by atoms with Gasteiger partial charge in [0.25, 0.3) is 0 Å². The van der Waals surface area contributed by atoms with Crippen LogP contribution >= 0.6 is 0 Å². The fourth-order valence-electron chi connectivity index (χ4n) is 1.84. The van der Waals surface area contributed by atoms with Crippen molar-refractivity contribution in [3.05, 3.63) is 0 Å². The SMILES string of the molecule is CC(O)C(NC(=O)C(NC(=O)CNC(=O)C(N)CC(=O)O)C(C)O)C(=O)O. The van der Waals surface area contributed by atoms with Gasteiger partial charge in [-0.05, 0) is 13.8 Å². The summed E-state index contributed by atoms with van der Waals surface area (Å²) in [5.41, 5.74) is 5.31. The van der Waals surface area contributed by atoms with Crippen LogP contribution in [0.2, 0.25) is 0 Å². The molecule has 13 heteroatoms. The van der Waals surface area contributed by atoms with E-state index in [4.69, 9.17) is 15.9 Å². The zero-order valence-electron chi connectivity index (χ0n) is 14.7. The Hall–Kier alpha value is -2.77. The summed E-state index contributed by atoms with van der Waals surface area (Å²) in [7, 11) is 0. The monoisotopic (exact) mass is 392 g/mol. The lowest BCUT2D eigenvalue weighted by molar-refractivity contribution is -0.145. The Morgan fingerprint density at radius 3 is 1.81 bits per heavy atom. The number of aliphatic hydroxyl groups excluding tert-OH is 2. The quantitative estimate of drug-likeness (QED) is 0.169. The van der Waals surface area contributed by atoms with Crippen LogP contribution in [0.15, 0.2) is 0 Å². The van der Waals surface area contributed by atoms with Crippen LogP contribution < -0.4 is 21.7 Å². The molecule has 3 amide bonds. The normalized spacial score (nSPS) is 16.2. The molecule has 0 radical (unpaired) electrons. The number of amides is 3. The van der Waals surface area contributed by atoms with Gasteiger partial charge in [-0.15, -0.1) is 0 Å². The number of aliphatic carboxylic acids is 2. The lowest BCUT2D eigenvalue weighted by atomic mass is 10.1. The zero-order valence-corrected chi connectivity index (χ0v) is 14.7. The van der Waals surface area contributed by atoms with E-state index in [0.29, 0.717) is 0 Å². The first-order chi connectivity index (χ1) is 12.4. The average Bonchev–Trinajstić information content (AvgIpc) is 2.53. The Labute approximate surface area is 153 Å². The summed E-state index contributed by atoms with van der Waals surface area (Å²) in [6.45, 7) is 1.62. The number of carbonyl (C=O) groups is 5. The predicted octanol–water partition coefficient (Wildman–Crippen LogP) is -4.28. The molecule has 13 nitrogen and oxygen atoms in total. The fraction of sp³-hybridized carbons (Fsp3) is 0.643. The Morgan fingerprint density at radius 2 is 1.41 bits per heavy atom. The standard InChI is InChI=1S/C14H24N4O9/c1-5(19)10(13(25)18-11(6(2)20)14(26)27)17-8(21)4-16-12(24)7(15)3-9(22)23/h5-7,10-11,19-20H,3-4,15H2,1-2H3,(H,16,24)(H,17,21)(H,18,25)(H,22,23)(H,26,27). The maximum atomic E-state index is 12.1. The Kier molecular flexibility index (Phi) is 9.92. The first-order valence-corrected chi connectivity index (χ1v) is 7.80. The minimum absolute atomic E-state index is 0.651. The van der Waals surface area contributed by atoms with Gasteiger partial charge >= 0.3 is 11.9 Å². The van der Waals surface area contributed by atoms with E-state index in [-0.39, 0.29) is 0 Å². The van der Waals surface area contributed by atoms with E-state index in [1.54, 1.807) is 0 Å². The molecule has 0 fully saturated rings. The van der Waals surface area contributed by atoms with Gasteiger partial charge in [-0.1, -0.05) is 0 Å². The number of aliphatic hydroxyl groups is 2. The molecule has 0 saturated carbocycles. The molecular weight excluding hydrogens is 368 g/mol. The summed E-state index contributed by atoms with van der Waals surface area (Å²) < 4.78 is 0. The molecule has 0 aromatic rings. The van der Waals surface area contributed by atoms with Crippen molar-refractivity contribution in [1.82, 2.24) is 16.0 Å². The molecule has 0 aromatic carbocycles. The third-order valence-corrected chi connectivity index (χ3v) is 3.28. The number of carbonyl (C=O) groups excluding carboxylic acids is 3. The average molecular weight is 392 g/mol. The summed E-state index contributed by atoms with van der Waals surface area (Å²) >= 11 is 0. The molecule has 27 heavy (non-hydrogen) atoms. The van der Waals surface area contributed by atoms with Gasteiger partial charge < -0.3 is 42.1 Å². The van der Waals surface area contributed by atoms with Gasteiger partial charge in [0.15, 0.2) is 6.04 Å². The molecule has 0 heterocycles. The number of nitrogens with two attached hydrogens (primary N) is 1. The molecule has 9 N–H and O–H groups in total. The summed E-state index contributed by atoms with van der Waals surface area (Å²) in [6, 6.07) is -4.61. The number of carboxylic acid groups (broad SMARTS) is 2. The third-order valence-electron chi connectivity index (χ3n) is 3.28. The minimum atomic E-state index is -1.66. The van der Waals surface area contributed by atoms with Crippen LogP contribution in [0.1, 0.15) is 20.3 Å². The number of nitrogens with one attached hydrogen (secondary N) is 3. The van der Waals surface area contributed by atoms with Gasteiger partial charge in [-0.25, -0.2) is 4.79 Å². The highest BCUT2D eigenvalue weighted by Gasteiger charge is 2.31. The Morgan fingerprint density at radius 1 is 0.889 bits per heavy atom. The molecule has 0 aromatic heterocycles. The molecule has 0 aliphatic heterocycles. The second kappa shape index (κ2) is 11.1. The lowest BCUT2D eigenvalue weighted by Crippen LogP contribution is -2.59. The Balaban J connectivity index is 4.79. The van der Waals surface area contributed by atoms with Crippen LogP contribution in [0, 0.1) is 0 Å². The minimum Gasteiger partial charge on any atom is -0.481 e. The number of hydrogen-bond acceptors (Lipinski definition) is 8. The zero-order chi connectivity index (χ0) is 21.3. The van der Waals surface area contributed by atoms with Crippen LogP contribution in [0.4, 0.5) is 0 Å². The summed E-state index contributed by atoms with van der Waals surface area (Å²) in [5.74, 6) is -5.73. The van der Waals surface area contributed by atoms with Crippen molar-refractivity contribution < 1.29 is 44.4 Å². The van der Waals surface area contributed by atoms with E-state index >= 15 is 0 Å². The van der Waals surface area contributed by atoms with Crippen LogP contribution in [-0.2, 0) is 24.0 Å². The first-order valence-electron chi connectivity index (χ1n) is 7.80. The van der Waals surface area contributed by atoms with Gasteiger partial charge in [0.2, 0.25) is 17.7 Å². The fourth-order valence-corrected chi connectivity index (χ4v) is 1.84. The molecule has 0 aliphatic rings. The van der Waals surface area contributed by atoms with Gasteiger partial charge in [0.1, 0.15) is 6.04 Å². The summed E-state index contributed by atoms with van der Waals surface area (Å²) in [5, 5.41) is 42.6. The molecule has 0 spiro atoms. The lowest BCUT2D eigenvalue weighted by Gasteiger charge is -2.24. The van der Waals surface area contributed by atoms with Crippen LogP contribution in [0.25, 0.3) is 0 Å². The largest absolute Gasteiger partial charge is 0.481 e. The van der Waals surface area contributed by atoms with Crippen LogP contribution in [0.3, 0.4) is 0 Å². The van der Waals surface area contributed by atoms with Gasteiger partial charge in [0, 0.05) is 0 Å². The number of carboxylic acids is 2. The van der Waals surface area contributed by atoms with Gasteiger partial charge in [0.05, 0.1) is 31.2 Å². The highest BCUT2D eigenvalue weighted by Crippen LogP contribution is 1.99. The van der Waals surface area contributed by atoms with Gasteiger partial charge in [-0.3, -0.25) is 19.2 Å². The highest BCUT2D eigenvalue weighted by atomic mass is 16.4. The molecular formula is C14H24N4O9. The smallest absolute Gasteiger partial charge is 0.328 e. The van der Waals surface area contributed by atoms with Crippen LogP contribution in [-0.4, -0.2) is 87.0 Å². The van der Waals surface area contributed by atoms with Crippen molar-refractivity contribution in [3.8, 4) is 0 Å². The highest BCUT2D eigenvalue weighted by molar-refractivity contribution is 5.93. The molecule has 0 rings (SSSR count). The second-order valence-electron chi connectivity index (χ2n) is 5.77. The molecule has 0 saturated heterocycles. The van der Waals surface area contributed by atoms with E-state index in [1.165, 1.54) is 0 Å². The number of hydrogen-bond donors (Lipinski definition) is 8. The van der Waals surface area contributed by atoms with E-state index < -0.39 is 73.0 Å². The first kappa shape index (κ1) is 24.2. The van der Waals surface area contributed by atoms with Crippen molar-refractivity contribution in [1.29, 1.82) is 0 Å². The molecule has 0 aliphatic carbocycles. The molecule has 0 bridgehead atoms. The number of rotatable bonds is 11. The van der Waals surface area contributed by atoms with E-state index in [9.17, 15) is 34.2 Å². The van der Waals surface area contributed by atoms with Crippen molar-refractivity contribution in [2.45, 2.75) is 50.6 Å². The van der Waals surface area contributed by atoms with Crippen molar-refractivity contribution in [2.24, 2.45) is 5.73 Å². The molecule has 154 valence electrons. The third kappa shape index (κ3) is 8.94. The molecule has 5 unspecified atom stereocenters. The second-order valence-corrected chi connectivity index (χ2v) is 5.77. The van der Waals surface area contributed by atoms with E-state index in [0.717, 1.165) is 13.8 Å². The molecule has 5 atom stereocenters. The maximum absolute atomic E-state index is 12.1. The summed E-state index contributed by atoms with van der Waals surface area (Å²) in [4.78, 5) is 56.9. The van der Waals surface area contributed by atoms with E-state index in [2.05, 4.69) is 10.6 Å². The Bertz CT molecular complexity index is 579. The van der Waals surface area contributed by atoms with Gasteiger partial charge in [-0.2, -0.15) is 0 Å². The maximum Gasteiger partial charge on any atom is 0.328 e. The predicted molar refractivity (Wildman–Crippen MR) is 88.1 cm³/mol. The van der Waals surface area contributed by atoms with Crippen molar-refractivity contribution in [3.63, 3.8) is 0 Å². The van der Waals surface area contributed by atoms with Crippen molar-refractivity contribution in [2.75, 3.05) is 6.54 Å². The van der Waals surface area contributed by atoms with Crippen molar-refractivity contribution >= 4 is 29.7 Å².